The normalized spacial score (nSPS) is 11.3. The number of carboxylic acids is 2. The maximum atomic E-state index is 11.5. The Morgan fingerprint density at radius 1 is 0.703 bits per heavy atom. The molecule has 0 aliphatic heterocycles. The molecule has 0 amide bonds. The van der Waals surface area contributed by atoms with Crippen LogP contribution in [0.4, 0.5) is 0 Å². The molecule has 13 heteroatoms. The molecular formula is C24H45NaO11S. The Bertz CT molecular complexity index is 703. The summed E-state index contributed by atoms with van der Waals surface area (Å²) >= 11 is 0. The van der Waals surface area contributed by atoms with Crippen LogP contribution in [0, 0.1) is 0 Å². The minimum absolute atomic E-state index is 0. The van der Waals surface area contributed by atoms with E-state index in [2.05, 4.69) is 13.8 Å². The van der Waals surface area contributed by atoms with Crippen molar-refractivity contribution >= 4 is 34.0 Å². The van der Waals surface area contributed by atoms with E-state index in [0.717, 1.165) is 25.7 Å². The standard InChI is InChI=1S/C20H38O4.C4H6O7S.Na.H/c1-3-5-7-9-11-13-17-23-19(21)15-16-20(22)24-18-14-12-10-8-6-4-2;5-3(6)1-2(4(7)8)12(9,10)11;;/h3-18H2,1-2H3;2H,1H2,(H,5,6)(H,7,8)(H,9,10,11);;/q;;+1;-1. The molecule has 1 atom stereocenters. The van der Waals surface area contributed by atoms with Crippen LogP contribution in [0.5, 0.6) is 0 Å². The summed E-state index contributed by atoms with van der Waals surface area (Å²) in [7, 11) is -4.84. The molecule has 0 aliphatic carbocycles. The van der Waals surface area contributed by atoms with Gasteiger partial charge in [-0.3, -0.25) is 23.7 Å². The minimum atomic E-state index is -4.84. The van der Waals surface area contributed by atoms with Gasteiger partial charge in [-0.2, -0.15) is 8.42 Å². The van der Waals surface area contributed by atoms with Crippen LogP contribution in [-0.4, -0.2) is 65.5 Å². The Balaban J connectivity index is -0.000000351. The van der Waals surface area contributed by atoms with Gasteiger partial charge in [-0.1, -0.05) is 78.1 Å². The van der Waals surface area contributed by atoms with Crippen LogP contribution in [0.15, 0.2) is 0 Å². The Morgan fingerprint density at radius 2 is 1.05 bits per heavy atom. The monoisotopic (exact) mass is 564 g/mol. The summed E-state index contributed by atoms with van der Waals surface area (Å²) < 4.78 is 38.9. The van der Waals surface area contributed by atoms with E-state index < -0.39 is 33.7 Å². The van der Waals surface area contributed by atoms with Crippen molar-refractivity contribution in [1.29, 1.82) is 0 Å². The van der Waals surface area contributed by atoms with Crippen LogP contribution < -0.4 is 29.6 Å². The fourth-order valence-electron chi connectivity index (χ4n) is 2.96. The number of unbranched alkanes of at least 4 members (excludes halogenated alkanes) is 10. The molecule has 0 bridgehead atoms. The summed E-state index contributed by atoms with van der Waals surface area (Å²) in [5, 5.41) is 13.9. The van der Waals surface area contributed by atoms with Crippen LogP contribution in [0.25, 0.3) is 0 Å². The average molecular weight is 565 g/mol. The van der Waals surface area contributed by atoms with Gasteiger partial charge in [0.05, 0.1) is 32.5 Å². The number of hydrogen-bond acceptors (Lipinski definition) is 8. The Morgan fingerprint density at radius 3 is 1.32 bits per heavy atom. The smallest absolute Gasteiger partial charge is 1.00 e. The van der Waals surface area contributed by atoms with Crippen LogP contribution >= 0.6 is 0 Å². The second-order valence-electron chi connectivity index (χ2n) is 8.42. The number of rotatable bonds is 21. The molecule has 37 heavy (non-hydrogen) atoms. The zero-order chi connectivity index (χ0) is 27.8. The number of hydrogen-bond donors (Lipinski definition) is 3. The van der Waals surface area contributed by atoms with Crippen molar-refractivity contribution in [1.82, 2.24) is 0 Å². The van der Waals surface area contributed by atoms with Gasteiger partial charge in [0.1, 0.15) is 0 Å². The molecular weight excluding hydrogens is 519 g/mol. The first-order valence-electron chi connectivity index (χ1n) is 12.7. The van der Waals surface area contributed by atoms with Gasteiger partial charge < -0.3 is 21.1 Å². The van der Waals surface area contributed by atoms with Crippen molar-refractivity contribution in [2.75, 3.05) is 13.2 Å². The zero-order valence-electron chi connectivity index (χ0n) is 23.6. The van der Waals surface area contributed by atoms with Crippen LogP contribution in [0.3, 0.4) is 0 Å². The summed E-state index contributed by atoms with van der Waals surface area (Å²) in [6.07, 6.45) is 13.1. The zero-order valence-corrected chi connectivity index (χ0v) is 25.4. The van der Waals surface area contributed by atoms with Crippen molar-refractivity contribution < 1.29 is 82.8 Å². The molecule has 0 aromatic rings. The fourth-order valence-corrected chi connectivity index (χ4v) is 3.57. The van der Waals surface area contributed by atoms with Crippen LogP contribution in [0.2, 0.25) is 0 Å². The molecule has 11 nitrogen and oxygen atoms in total. The second-order valence-corrected chi connectivity index (χ2v) is 10.0. The summed E-state index contributed by atoms with van der Waals surface area (Å²) in [4.78, 5) is 43.1. The minimum Gasteiger partial charge on any atom is -1.00 e. The maximum absolute atomic E-state index is 11.5. The van der Waals surface area contributed by atoms with Crippen molar-refractivity contribution in [3.8, 4) is 0 Å². The quantitative estimate of drug-likeness (QED) is 0.0795. The van der Waals surface area contributed by atoms with Gasteiger partial charge in [0, 0.05) is 0 Å². The number of aliphatic carboxylic acids is 2. The van der Waals surface area contributed by atoms with Gasteiger partial charge in [0.2, 0.25) is 0 Å². The van der Waals surface area contributed by atoms with E-state index in [9.17, 15) is 27.6 Å². The molecule has 0 saturated carbocycles. The van der Waals surface area contributed by atoms with E-state index in [1.165, 1.54) is 51.4 Å². The predicted molar refractivity (Wildman–Crippen MR) is 134 cm³/mol. The largest absolute Gasteiger partial charge is 1.00 e. The molecule has 0 heterocycles. The number of ether oxygens (including phenoxy) is 2. The topological polar surface area (TPSA) is 182 Å². The fraction of sp³-hybridized carbons (Fsp3) is 0.833. The third-order valence-electron chi connectivity index (χ3n) is 5.05. The number of carboxylic acid groups (broad SMARTS) is 2. The van der Waals surface area contributed by atoms with E-state index >= 15 is 0 Å². The van der Waals surface area contributed by atoms with Crippen molar-refractivity contribution in [3.63, 3.8) is 0 Å². The third kappa shape index (κ3) is 29.2. The summed E-state index contributed by atoms with van der Waals surface area (Å²) in [6, 6.07) is 0. The van der Waals surface area contributed by atoms with Gasteiger partial charge in [-0.15, -0.1) is 0 Å². The molecule has 214 valence electrons. The van der Waals surface area contributed by atoms with Crippen LogP contribution in [-0.2, 0) is 38.8 Å². The molecule has 3 N–H and O–H groups in total. The first-order chi connectivity index (χ1) is 16.9. The average Bonchev–Trinajstić information content (AvgIpc) is 2.79. The van der Waals surface area contributed by atoms with Gasteiger partial charge in [0.15, 0.2) is 5.25 Å². The molecule has 0 saturated heterocycles. The number of carbonyl (C=O) groups is 4. The van der Waals surface area contributed by atoms with Crippen LogP contribution in [0.1, 0.15) is 112 Å². The summed E-state index contributed by atoms with van der Waals surface area (Å²) in [5.41, 5.74) is 0. The first-order valence-corrected chi connectivity index (χ1v) is 14.2. The molecule has 0 aliphatic rings. The molecule has 0 aromatic heterocycles. The first kappa shape index (κ1) is 40.3. The number of carbonyl (C=O) groups excluding carboxylic acids is 2. The van der Waals surface area contributed by atoms with Gasteiger partial charge >= 0.3 is 53.4 Å². The second kappa shape index (κ2) is 26.4. The summed E-state index contributed by atoms with van der Waals surface area (Å²) in [6.45, 7) is 5.33. The number of esters is 2. The molecule has 1 unspecified atom stereocenters. The van der Waals surface area contributed by atoms with E-state index in [1.54, 1.807) is 0 Å². The molecule has 0 fully saturated rings. The van der Waals surface area contributed by atoms with Crippen molar-refractivity contribution in [3.05, 3.63) is 0 Å². The molecule has 0 aromatic carbocycles. The van der Waals surface area contributed by atoms with Gasteiger partial charge in [-0.05, 0) is 12.8 Å². The Kier molecular flexibility index (Phi) is 28.7. The predicted octanol–water partition coefficient (Wildman–Crippen LogP) is 1.49. The Labute approximate surface area is 244 Å². The van der Waals surface area contributed by atoms with E-state index in [-0.39, 0.29) is 55.8 Å². The SMILES string of the molecule is CCCCCCCCOC(=O)CCC(=O)OCCCCCCCC.O=C(O)CC(C(=O)O)S(=O)(=O)O.[H-].[Na+]. The van der Waals surface area contributed by atoms with Crippen molar-refractivity contribution in [2.45, 2.75) is 115 Å². The van der Waals surface area contributed by atoms with Gasteiger partial charge in [-0.25, -0.2) is 0 Å². The van der Waals surface area contributed by atoms with E-state index in [1.807, 2.05) is 0 Å². The third-order valence-corrected chi connectivity index (χ3v) is 6.14. The molecule has 0 radical (unpaired) electrons. The molecule has 0 rings (SSSR count). The van der Waals surface area contributed by atoms with Crippen molar-refractivity contribution in [2.24, 2.45) is 0 Å². The Hall–Kier alpha value is -1.21. The van der Waals surface area contributed by atoms with E-state index in [4.69, 9.17) is 24.2 Å². The molecule has 0 spiro atoms. The van der Waals surface area contributed by atoms with E-state index in [0.29, 0.717) is 13.2 Å². The maximum Gasteiger partial charge on any atom is 1.00 e. The van der Waals surface area contributed by atoms with Gasteiger partial charge in [0.25, 0.3) is 10.1 Å². The summed E-state index contributed by atoms with van der Waals surface area (Å²) in [5.74, 6) is -4.08.